The average molecular weight is 225 g/mol. The summed E-state index contributed by atoms with van der Waals surface area (Å²) in [6, 6.07) is 0. The average Bonchev–Trinajstić information content (AvgIpc) is 2.26. The van der Waals surface area contributed by atoms with Crippen LogP contribution in [0, 0.1) is 5.41 Å². The molecule has 1 saturated heterocycles. The van der Waals surface area contributed by atoms with Crippen molar-refractivity contribution in [3.8, 4) is 0 Å². The van der Waals surface area contributed by atoms with Gasteiger partial charge in [-0.1, -0.05) is 13.0 Å². The molecule has 0 aromatic carbocycles. The first-order chi connectivity index (χ1) is 7.62. The van der Waals surface area contributed by atoms with Crippen LogP contribution in [0.15, 0.2) is 12.7 Å². The Morgan fingerprint density at radius 1 is 1.62 bits per heavy atom. The Kier molecular flexibility index (Phi) is 5.16. The van der Waals surface area contributed by atoms with Gasteiger partial charge in [0.25, 0.3) is 0 Å². The zero-order valence-electron chi connectivity index (χ0n) is 10.2. The highest BCUT2D eigenvalue weighted by Gasteiger charge is 2.34. The second-order valence-electron chi connectivity index (χ2n) is 4.88. The maximum Gasteiger partial charge on any atom is 0.132 e. The molecule has 92 valence electrons. The van der Waals surface area contributed by atoms with Crippen molar-refractivity contribution in [2.45, 2.75) is 45.4 Å². The van der Waals surface area contributed by atoms with Gasteiger partial charge in [-0.3, -0.25) is 4.79 Å². The van der Waals surface area contributed by atoms with Gasteiger partial charge in [-0.25, -0.2) is 0 Å². The molecule has 0 aromatic rings. The van der Waals surface area contributed by atoms with Gasteiger partial charge in [0, 0.05) is 25.9 Å². The molecule has 0 aromatic heterocycles. The van der Waals surface area contributed by atoms with E-state index < -0.39 is 0 Å². The Morgan fingerprint density at radius 3 is 2.94 bits per heavy atom. The SMILES string of the molecule is C=CC[C@]1(CCC(=O)CC)CCCN(O)C1. The van der Waals surface area contributed by atoms with Crippen LogP contribution in [0.2, 0.25) is 0 Å². The van der Waals surface area contributed by atoms with Crippen LogP contribution in [0.5, 0.6) is 0 Å². The monoisotopic (exact) mass is 225 g/mol. The van der Waals surface area contributed by atoms with E-state index in [0.717, 1.165) is 32.2 Å². The fourth-order valence-corrected chi connectivity index (χ4v) is 2.54. The fraction of sp³-hybridized carbons (Fsp3) is 0.769. The van der Waals surface area contributed by atoms with E-state index in [0.29, 0.717) is 25.2 Å². The summed E-state index contributed by atoms with van der Waals surface area (Å²) in [5, 5.41) is 11.0. The van der Waals surface area contributed by atoms with Crippen LogP contribution in [0.4, 0.5) is 0 Å². The molecule has 1 atom stereocenters. The maximum atomic E-state index is 11.4. The van der Waals surface area contributed by atoms with Crippen molar-refractivity contribution < 1.29 is 10.0 Å². The summed E-state index contributed by atoms with van der Waals surface area (Å²) in [6.07, 6.45) is 7.03. The molecular weight excluding hydrogens is 202 g/mol. The van der Waals surface area contributed by atoms with E-state index in [1.165, 1.54) is 5.06 Å². The third-order valence-corrected chi connectivity index (χ3v) is 3.55. The number of rotatable bonds is 6. The normalized spacial score (nSPS) is 26.6. The third kappa shape index (κ3) is 3.72. The van der Waals surface area contributed by atoms with Crippen molar-refractivity contribution >= 4 is 5.78 Å². The summed E-state index contributed by atoms with van der Waals surface area (Å²) in [7, 11) is 0. The Balaban J connectivity index is 2.56. The molecule has 3 nitrogen and oxygen atoms in total. The summed E-state index contributed by atoms with van der Waals surface area (Å²) >= 11 is 0. The summed E-state index contributed by atoms with van der Waals surface area (Å²) in [4.78, 5) is 11.4. The van der Waals surface area contributed by atoms with Gasteiger partial charge >= 0.3 is 0 Å². The highest BCUT2D eigenvalue weighted by atomic mass is 16.5. The Bertz CT molecular complexity index is 252. The minimum Gasteiger partial charge on any atom is -0.314 e. The van der Waals surface area contributed by atoms with E-state index in [-0.39, 0.29) is 5.41 Å². The molecule has 0 radical (unpaired) electrons. The predicted octanol–water partition coefficient (Wildman–Crippen LogP) is 2.79. The first-order valence-corrected chi connectivity index (χ1v) is 6.18. The van der Waals surface area contributed by atoms with Crippen molar-refractivity contribution in [3.63, 3.8) is 0 Å². The molecule has 1 aliphatic heterocycles. The lowest BCUT2D eigenvalue weighted by molar-refractivity contribution is -0.142. The highest BCUT2D eigenvalue weighted by Crippen LogP contribution is 2.37. The van der Waals surface area contributed by atoms with Crippen molar-refractivity contribution in [3.05, 3.63) is 12.7 Å². The van der Waals surface area contributed by atoms with Gasteiger partial charge in [-0.05, 0) is 31.1 Å². The van der Waals surface area contributed by atoms with E-state index >= 15 is 0 Å². The Morgan fingerprint density at radius 2 is 2.38 bits per heavy atom. The summed E-state index contributed by atoms with van der Waals surface area (Å²) in [5.41, 5.74) is 0.0690. The Labute approximate surface area is 98.1 Å². The van der Waals surface area contributed by atoms with Crippen molar-refractivity contribution in [1.29, 1.82) is 0 Å². The van der Waals surface area contributed by atoms with Crippen LogP contribution < -0.4 is 0 Å². The number of allylic oxidation sites excluding steroid dienone is 1. The molecule has 0 amide bonds. The highest BCUT2D eigenvalue weighted by molar-refractivity contribution is 5.78. The van der Waals surface area contributed by atoms with Crippen LogP contribution in [0.25, 0.3) is 0 Å². The topological polar surface area (TPSA) is 40.5 Å². The molecule has 1 N–H and O–H groups in total. The number of carbonyl (C=O) groups is 1. The molecule has 1 aliphatic rings. The minimum absolute atomic E-state index is 0.0690. The molecule has 0 bridgehead atoms. The van der Waals surface area contributed by atoms with Crippen molar-refractivity contribution in [1.82, 2.24) is 5.06 Å². The lowest BCUT2D eigenvalue weighted by atomic mass is 9.74. The van der Waals surface area contributed by atoms with Crippen LogP contribution in [-0.4, -0.2) is 29.1 Å². The van der Waals surface area contributed by atoms with Gasteiger partial charge in [0.1, 0.15) is 5.78 Å². The van der Waals surface area contributed by atoms with Gasteiger partial charge in [0.05, 0.1) is 0 Å². The molecule has 1 fully saturated rings. The summed E-state index contributed by atoms with van der Waals surface area (Å²) < 4.78 is 0. The molecule has 0 unspecified atom stereocenters. The van der Waals surface area contributed by atoms with Gasteiger partial charge in [-0.2, -0.15) is 5.06 Å². The molecule has 1 rings (SSSR count). The molecule has 0 aliphatic carbocycles. The van der Waals surface area contributed by atoms with E-state index in [4.69, 9.17) is 0 Å². The quantitative estimate of drug-likeness (QED) is 0.707. The molecule has 3 heteroatoms. The standard InChI is InChI=1S/C13H23NO2/c1-3-7-13(9-6-12(15)4-2)8-5-10-14(16)11-13/h3,16H,1,4-11H2,2H3/t13-/m1/s1. The van der Waals surface area contributed by atoms with Crippen molar-refractivity contribution in [2.75, 3.05) is 13.1 Å². The van der Waals surface area contributed by atoms with Crippen LogP contribution >= 0.6 is 0 Å². The first-order valence-electron chi connectivity index (χ1n) is 6.18. The van der Waals surface area contributed by atoms with Crippen LogP contribution in [0.1, 0.15) is 45.4 Å². The first kappa shape index (κ1) is 13.4. The number of ketones is 1. The maximum absolute atomic E-state index is 11.4. The second-order valence-corrected chi connectivity index (χ2v) is 4.88. The van der Waals surface area contributed by atoms with Gasteiger partial charge in [-0.15, -0.1) is 6.58 Å². The number of hydrogen-bond donors (Lipinski definition) is 1. The Hall–Kier alpha value is -0.670. The van der Waals surface area contributed by atoms with Gasteiger partial charge in [0.15, 0.2) is 0 Å². The number of carbonyl (C=O) groups excluding carboxylic acids is 1. The molecule has 0 spiro atoms. The van der Waals surface area contributed by atoms with Gasteiger partial charge in [0.2, 0.25) is 0 Å². The zero-order chi connectivity index (χ0) is 12.0. The lowest BCUT2D eigenvalue weighted by Crippen LogP contribution is -2.41. The van der Waals surface area contributed by atoms with E-state index in [1.54, 1.807) is 0 Å². The predicted molar refractivity (Wildman–Crippen MR) is 64.4 cm³/mol. The van der Waals surface area contributed by atoms with E-state index in [9.17, 15) is 10.0 Å². The lowest BCUT2D eigenvalue weighted by Gasteiger charge is -2.40. The fourth-order valence-electron chi connectivity index (χ4n) is 2.54. The molecule has 16 heavy (non-hydrogen) atoms. The van der Waals surface area contributed by atoms with E-state index in [2.05, 4.69) is 6.58 Å². The summed E-state index contributed by atoms with van der Waals surface area (Å²) in [6.45, 7) is 7.12. The minimum atomic E-state index is 0.0690. The van der Waals surface area contributed by atoms with Crippen LogP contribution in [-0.2, 0) is 4.79 Å². The smallest absolute Gasteiger partial charge is 0.132 e. The summed E-state index contributed by atoms with van der Waals surface area (Å²) in [5.74, 6) is 0.318. The van der Waals surface area contributed by atoms with E-state index in [1.807, 2.05) is 13.0 Å². The largest absolute Gasteiger partial charge is 0.314 e. The third-order valence-electron chi connectivity index (χ3n) is 3.55. The second kappa shape index (κ2) is 6.16. The molecule has 0 saturated carbocycles. The zero-order valence-corrected chi connectivity index (χ0v) is 10.2. The van der Waals surface area contributed by atoms with Crippen molar-refractivity contribution in [2.24, 2.45) is 5.41 Å². The van der Waals surface area contributed by atoms with Gasteiger partial charge < -0.3 is 5.21 Å². The molecular formula is C13H23NO2. The number of piperidine rings is 1. The van der Waals surface area contributed by atoms with Crippen LogP contribution in [0.3, 0.4) is 0 Å². The number of hydrogen-bond acceptors (Lipinski definition) is 3. The number of hydroxylamine groups is 2. The number of Topliss-reactive ketones (excluding diaryl/α,β-unsaturated/α-hetero) is 1. The molecule has 1 heterocycles. The number of nitrogens with zero attached hydrogens (tertiary/aromatic N) is 1.